The van der Waals surface area contributed by atoms with Crippen LogP contribution in [0, 0.1) is 0 Å². The van der Waals surface area contributed by atoms with E-state index in [2.05, 4.69) is 14.9 Å². The zero-order chi connectivity index (χ0) is 24.2. The van der Waals surface area contributed by atoms with Crippen LogP contribution >= 0.6 is 0 Å². The average Bonchev–Trinajstić information content (AvgIpc) is 2.79. The summed E-state index contributed by atoms with van der Waals surface area (Å²) in [5, 5.41) is 2.70. The number of amides is 1. The molecule has 0 aromatic heterocycles. The number of rotatable bonds is 8. The highest BCUT2D eigenvalue weighted by molar-refractivity contribution is 7.89. The summed E-state index contributed by atoms with van der Waals surface area (Å²) in [5.41, 5.74) is 0.721. The van der Waals surface area contributed by atoms with Crippen LogP contribution in [0.25, 0.3) is 0 Å². The van der Waals surface area contributed by atoms with Gasteiger partial charge < -0.3 is 10.2 Å². The maximum Gasteiger partial charge on any atom is 0.255 e. The summed E-state index contributed by atoms with van der Waals surface area (Å²) in [4.78, 5) is 14.9. The first-order valence-electron chi connectivity index (χ1n) is 10.8. The van der Waals surface area contributed by atoms with Crippen LogP contribution in [0.1, 0.15) is 30.6 Å². The lowest BCUT2D eigenvalue weighted by Crippen LogP contribution is -2.46. The molecular weight excluding hydrogens is 464 g/mol. The topological polar surface area (TPSA) is 116 Å². The fourth-order valence-electron chi connectivity index (χ4n) is 3.29. The number of piperazine rings is 1. The van der Waals surface area contributed by atoms with Crippen LogP contribution < -0.4 is 10.0 Å². The number of hydrogen-bond donors (Lipinski definition) is 2. The van der Waals surface area contributed by atoms with Crippen LogP contribution in [0.5, 0.6) is 0 Å². The van der Waals surface area contributed by atoms with E-state index in [0.717, 1.165) is 0 Å². The highest BCUT2D eigenvalue weighted by Gasteiger charge is 2.27. The van der Waals surface area contributed by atoms with Gasteiger partial charge in [0.2, 0.25) is 20.0 Å². The molecule has 3 rings (SSSR count). The second-order valence-electron chi connectivity index (χ2n) is 8.14. The minimum absolute atomic E-state index is 0.0813. The molecule has 1 aliphatic rings. The van der Waals surface area contributed by atoms with E-state index in [0.29, 0.717) is 38.3 Å². The summed E-state index contributed by atoms with van der Waals surface area (Å²) < 4.78 is 54.4. The van der Waals surface area contributed by atoms with Gasteiger partial charge >= 0.3 is 0 Å². The van der Waals surface area contributed by atoms with Crippen molar-refractivity contribution < 1.29 is 21.6 Å². The largest absolute Gasteiger partial charge is 0.322 e. The molecule has 180 valence electrons. The van der Waals surface area contributed by atoms with E-state index in [1.54, 1.807) is 6.92 Å². The molecule has 9 nitrogen and oxygen atoms in total. The SMILES string of the molecule is CCC(C)NS(=O)(=O)c1ccc(C(=O)Nc2ccc(S(=O)(=O)N3CCN(C)CC3)cc2)cc1. The molecule has 0 radical (unpaired) electrons. The van der Waals surface area contributed by atoms with Crippen LogP contribution in [0.2, 0.25) is 0 Å². The lowest BCUT2D eigenvalue weighted by molar-refractivity contribution is 0.102. The molecule has 33 heavy (non-hydrogen) atoms. The van der Waals surface area contributed by atoms with Crippen LogP contribution in [0.4, 0.5) is 5.69 Å². The number of anilines is 1. The number of nitrogens with one attached hydrogen (secondary N) is 2. The van der Waals surface area contributed by atoms with Crippen molar-refractivity contribution in [3.8, 4) is 0 Å². The quantitative estimate of drug-likeness (QED) is 0.580. The summed E-state index contributed by atoms with van der Waals surface area (Å²) in [6.45, 7) is 5.91. The van der Waals surface area contributed by atoms with Gasteiger partial charge in [-0.3, -0.25) is 4.79 Å². The molecule has 1 aliphatic heterocycles. The Balaban J connectivity index is 1.66. The Morgan fingerprint density at radius 2 is 1.45 bits per heavy atom. The molecule has 0 saturated carbocycles. The monoisotopic (exact) mass is 494 g/mol. The van der Waals surface area contributed by atoms with Crippen molar-refractivity contribution in [2.45, 2.75) is 36.1 Å². The van der Waals surface area contributed by atoms with Gasteiger partial charge in [0.05, 0.1) is 9.79 Å². The zero-order valence-electron chi connectivity index (χ0n) is 19.0. The molecule has 1 saturated heterocycles. The van der Waals surface area contributed by atoms with Crippen molar-refractivity contribution in [2.24, 2.45) is 0 Å². The summed E-state index contributed by atoms with van der Waals surface area (Å²) in [6.07, 6.45) is 0.662. The lowest BCUT2D eigenvalue weighted by atomic mass is 10.2. The third-order valence-corrected chi connectivity index (χ3v) is 9.13. The number of carbonyl (C=O) groups is 1. The second kappa shape index (κ2) is 10.3. The van der Waals surface area contributed by atoms with Gasteiger partial charge in [-0.2, -0.15) is 4.31 Å². The van der Waals surface area contributed by atoms with Gasteiger partial charge in [0.25, 0.3) is 5.91 Å². The van der Waals surface area contributed by atoms with E-state index < -0.39 is 26.0 Å². The predicted molar refractivity (Wildman–Crippen MR) is 127 cm³/mol. The Labute approximate surface area is 195 Å². The Morgan fingerprint density at radius 1 is 0.909 bits per heavy atom. The number of sulfonamides is 2. The minimum Gasteiger partial charge on any atom is -0.322 e. The number of carbonyl (C=O) groups excluding carboxylic acids is 1. The van der Waals surface area contributed by atoms with E-state index in [9.17, 15) is 21.6 Å². The average molecular weight is 495 g/mol. The molecular formula is C22H30N4O5S2. The van der Waals surface area contributed by atoms with Crippen molar-refractivity contribution in [1.29, 1.82) is 0 Å². The molecule has 1 heterocycles. The van der Waals surface area contributed by atoms with Gasteiger partial charge in [-0.25, -0.2) is 21.6 Å². The Morgan fingerprint density at radius 3 is 2.00 bits per heavy atom. The van der Waals surface area contributed by atoms with E-state index in [-0.39, 0.29) is 21.4 Å². The minimum atomic E-state index is -3.65. The summed E-state index contributed by atoms with van der Waals surface area (Å²) in [5.74, 6) is -0.427. The van der Waals surface area contributed by atoms with Gasteiger partial charge in [-0.05, 0) is 68.9 Å². The van der Waals surface area contributed by atoms with E-state index in [1.807, 2.05) is 14.0 Å². The summed E-state index contributed by atoms with van der Waals surface area (Å²) >= 11 is 0. The zero-order valence-corrected chi connectivity index (χ0v) is 20.6. The Bertz CT molecular complexity index is 1170. The van der Waals surface area contributed by atoms with E-state index >= 15 is 0 Å². The summed E-state index contributed by atoms with van der Waals surface area (Å²) in [7, 11) is -5.27. The van der Waals surface area contributed by atoms with Crippen molar-refractivity contribution in [1.82, 2.24) is 13.9 Å². The molecule has 1 unspecified atom stereocenters. The second-order valence-corrected chi connectivity index (χ2v) is 11.8. The molecule has 2 aromatic rings. The first-order chi connectivity index (χ1) is 15.5. The van der Waals surface area contributed by atoms with Gasteiger partial charge in [0, 0.05) is 43.5 Å². The highest BCUT2D eigenvalue weighted by atomic mass is 32.2. The molecule has 2 N–H and O–H groups in total. The molecule has 1 atom stereocenters. The van der Waals surface area contributed by atoms with Crippen molar-refractivity contribution >= 4 is 31.6 Å². The molecule has 1 amide bonds. The van der Waals surface area contributed by atoms with Crippen LogP contribution in [0.15, 0.2) is 58.3 Å². The van der Waals surface area contributed by atoms with Gasteiger partial charge in [-0.1, -0.05) is 6.92 Å². The fourth-order valence-corrected chi connectivity index (χ4v) is 6.04. The Hall–Kier alpha value is -2.31. The Kier molecular flexibility index (Phi) is 7.91. The van der Waals surface area contributed by atoms with Gasteiger partial charge in [0.15, 0.2) is 0 Å². The maximum absolute atomic E-state index is 12.8. The third kappa shape index (κ3) is 6.18. The molecule has 2 aromatic carbocycles. The van der Waals surface area contributed by atoms with E-state index in [1.165, 1.54) is 52.8 Å². The van der Waals surface area contributed by atoms with Crippen molar-refractivity contribution in [2.75, 3.05) is 38.5 Å². The van der Waals surface area contributed by atoms with Crippen molar-refractivity contribution in [3.05, 3.63) is 54.1 Å². The standard InChI is InChI=1S/C22H30N4O5S2/c1-4-17(2)24-32(28,29)20-9-5-18(6-10-20)22(27)23-19-7-11-21(12-8-19)33(30,31)26-15-13-25(3)14-16-26/h5-12,17,24H,4,13-16H2,1-3H3,(H,23,27). The van der Waals surface area contributed by atoms with Crippen LogP contribution in [-0.2, 0) is 20.0 Å². The number of likely N-dealkylation sites (N-methyl/N-ethyl adjacent to an activating group) is 1. The molecule has 0 bridgehead atoms. The van der Waals surface area contributed by atoms with Gasteiger partial charge in [0.1, 0.15) is 0 Å². The van der Waals surface area contributed by atoms with Crippen LogP contribution in [0.3, 0.4) is 0 Å². The summed E-state index contributed by atoms with van der Waals surface area (Å²) in [6, 6.07) is 11.5. The molecule has 1 fully saturated rings. The molecule has 0 aliphatic carbocycles. The smallest absolute Gasteiger partial charge is 0.255 e. The fraction of sp³-hybridized carbons (Fsp3) is 0.409. The lowest BCUT2D eigenvalue weighted by Gasteiger charge is -2.31. The van der Waals surface area contributed by atoms with Gasteiger partial charge in [-0.15, -0.1) is 0 Å². The highest BCUT2D eigenvalue weighted by Crippen LogP contribution is 2.20. The van der Waals surface area contributed by atoms with Crippen molar-refractivity contribution in [3.63, 3.8) is 0 Å². The number of nitrogens with zero attached hydrogens (tertiary/aromatic N) is 2. The molecule has 0 spiro atoms. The predicted octanol–water partition coefficient (Wildman–Crippen LogP) is 1.95. The third-order valence-electron chi connectivity index (χ3n) is 5.61. The normalized spacial score (nSPS) is 16.9. The number of hydrogen-bond acceptors (Lipinski definition) is 6. The maximum atomic E-state index is 12.8. The van der Waals surface area contributed by atoms with E-state index in [4.69, 9.17) is 0 Å². The first kappa shape index (κ1) is 25.3. The number of benzene rings is 2. The first-order valence-corrected chi connectivity index (χ1v) is 13.7. The molecule has 11 heteroatoms. The van der Waals surface area contributed by atoms with Crippen LogP contribution in [-0.4, -0.2) is 71.2 Å².